The van der Waals surface area contributed by atoms with Gasteiger partial charge < -0.3 is 4.74 Å². The summed E-state index contributed by atoms with van der Waals surface area (Å²) in [5.41, 5.74) is 0.310. The van der Waals surface area contributed by atoms with Crippen molar-refractivity contribution < 1.29 is 13.9 Å². The van der Waals surface area contributed by atoms with Crippen LogP contribution in [0.4, 0.5) is 4.39 Å². The van der Waals surface area contributed by atoms with Gasteiger partial charge >= 0.3 is 0 Å². The maximum atomic E-state index is 13.6. The molecule has 1 aromatic carbocycles. The molecule has 1 aliphatic rings. The van der Waals surface area contributed by atoms with Crippen molar-refractivity contribution in [3.05, 3.63) is 28.0 Å². The van der Waals surface area contributed by atoms with Crippen LogP contribution < -0.4 is 4.74 Å². The second-order valence-electron chi connectivity index (χ2n) is 2.73. The number of hydrogen-bond acceptors (Lipinski definition) is 2. The second kappa shape index (κ2) is 3.06. The van der Waals surface area contributed by atoms with E-state index in [-0.39, 0.29) is 16.3 Å². The molecule has 0 bridgehead atoms. The summed E-state index contributed by atoms with van der Waals surface area (Å²) < 4.78 is 18.3. The number of amides is 1. The third-order valence-electron chi connectivity index (χ3n) is 1.95. The molecule has 0 fully saturated rings. The first-order chi connectivity index (χ1) is 6.65. The van der Waals surface area contributed by atoms with Gasteiger partial charge in [-0.05, 0) is 6.07 Å². The molecule has 72 valence electrons. The van der Waals surface area contributed by atoms with Crippen LogP contribution in [0.25, 0.3) is 0 Å². The number of ether oxygens (including phenoxy) is 1. The number of aliphatic imine (C=N–C) groups is 1. The Balaban J connectivity index is 2.74. The quantitative estimate of drug-likeness (QED) is 0.716. The lowest BCUT2D eigenvalue weighted by Gasteiger charge is -2.06. The zero-order chi connectivity index (χ0) is 10.3. The van der Waals surface area contributed by atoms with Crippen LogP contribution in [0.2, 0.25) is 5.02 Å². The van der Waals surface area contributed by atoms with E-state index in [9.17, 15) is 9.18 Å². The number of fused-ring (bicyclic) bond motifs is 1. The first kappa shape index (κ1) is 9.15. The minimum atomic E-state index is -0.752. The van der Waals surface area contributed by atoms with Gasteiger partial charge in [-0.2, -0.15) is 0 Å². The van der Waals surface area contributed by atoms with E-state index in [1.807, 2.05) is 0 Å². The van der Waals surface area contributed by atoms with Crippen molar-refractivity contribution in [3.8, 4) is 5.75 Å². The highest BCUT2D eigenvalue weighted by molar-refractivity contribution is 6.33. The van der Waals surface area contributed by atoms with E-state index < -0.39 is 11.7 Å². The number of rotatable bonds is 1. The summed E-state index contributed by atoms with van der Waals surface area (Å²) in [7, 11) is 1.29. The lowest BCUT2D eigenvalue weighted by atomic mass is 10.1. The number of benzene rings is 1. The molecule has 0 spiro atoms. The van der Waals surface area contributed by atoms with Gasteiger partial charge in [0.2, 0.25) is 0 Å². The molecule has 0 atom stereocenters. The van der Waals surface area contributed by atoms with Gasteiger partial charge in [0.15, 0.2) is 11.6 Å². The Morgan fingerprint density at radius 2 is 2.29 bits per heavy atom. The van der Waals surface area contributed by atoms with E-state index in [0.717, 1.165) is 0 Å². The summed E-state index contributed by atoms with van der Waals surface area (Å²) >= 11 is 5.72. The van der Waals surface area contributed by atoms with Crippen molar-refractivity contribution in [1.82, 2.24) is 0 Å². The third-order valence-corrected chi connectivity index (χ3v) is 2.23. The molecule has 1 aromatic rings. The number of carbonyl (C=O) groups is 1. The highest BCUT2D eigenvalue weighted by atomic mass is 35.5. The third kappa shape index (κ3) is 1.11. The Bertz CT molecular complexity index is 457. The van der Waals surface area contributed by atoms with Crippen molar-refractivity contribution in [3.63, 3.8) is 0 Å². The van der Waals surface area contributed by atoms with Crippen molar-refractivity contribution in [2.24, 2.45) is 4.99 Å². The van der Waals surface area contributed by atoms with E-state index >= 15 is 0 Å². The Morgan fingerprint density at radius 1 is 1.57 bits per heavy atom. The van der Waals surface area contributed by atoms with Gasteiger partial charge in [0, 0.05) is 11.8 Å². The molecule has 5 heteroatoms. The Kier molecular flexibility index (Phi) is 2.00. The zero-order valence-corrected chi connectivity index (χ0v) is 7.93. The van der Waals surface area contributed by atoms with Crippen LogP contribution in [0, 0.1) is 5.82 Å². The van der Waals surface area contributed by atoms with Crippen molar-refractivity contribution in [2.45, 2.75) is 0 Å². The van der Waals surface area contributed by atoms with Crippen LogP contribution in [0.1, 0.15) is 15.9 Å². The van der Waals surface area contributed by atoms with E-state index in [1.54, 1.807) is 0 Å². The number of halogens is 2. The topological polar surface area (TPSA) is 38.7 Å². The van der Waals surface area contributed by atoms with Gasteiger partial charge in [-0.1, -0.05) is 11.6 Å². The first-order valence-corrected chi connectivity index (χ1v) is 4.17. The second-order valence-corrected chi connectivity index (χ2v) is 3.14. The first-order valence-electron chi connectivity index (χ1n) is 3.79. The summed E-state index contributed by atoms with van der Waals surface area (Å²) in [6.45, 7) is 0. The molecular formula is C9H5ClFNO2. The van der Waals surface area contributed by atoms with Gasteiger partial charge in [0.05, 0.1) is 17.7 Å². The van der Waals surface area contributed by atoms with Gasteiger partial charge in [0.1, 0.15) is 0 Å². The summed E-state index contributed by atoms with van der Waals surface area (Å²) in [6, 6.07) is 1.45. The minimum absolute atomic E-state index is 0.0775. The molecule has 2 rings (SSSR count). The van der Waals surface area contributed by atoms with E-state index in [1.165, 1.54) is 19.4 Å². The number of methoxy groups -OCH3 is 1. The number of nitrogens with zero attached hydrogens (tertiary/aromatic N) is 1. The van der Waals surface area contributed by atoms with Crippen LogP contribution in [0.5, 0.6) is 5.75 Å². The van der Waals surface area contributed by atoms with Crippen LogP contribution in [-0.4, -0.2) is 19.2 Å². The van der Waals surface area contributed by atoms with Gasteiger partial charge in [-0.15, -0.1) is 0 Å². The summed E-state index contributed by atoms with van der Waals surface area (Å²) in [5, 5.41) is 0.130. The van der Waals surface area contributed by atoms with Crippen LogP contribution in [0.3, 0.4) is 0 Å². The van der Waals surface area contributed by atoms with Crippen LogP contribution in [-0.2, 0) is 0 Å². The fraction of sp³-hybridized carbons (Fsp3) is 0.111. The summed E-state index contributed by atoms with van der Waals surface area (Å²) in [4.78, 5) is 14.6. The molecule has 0 saturated heterocycles. The van der Waals surface area contributed by atoms with Crippen molar-refractivity contribution >= 4 is 23.7 Å². The van der Waals surface area contributed by atoms with Gasteiger partial charge in [-0.3, -0.25) is 4.79 Å². The normalized spacial score (nSPS) is 13.2. The average Bonchev–Trinajstić information content (AvgIpc) is 2.48. The molecule has 0 N–H and O–H groups in total. The Hall–Kier alpha value is -1.42. The molecule has 1 aliphatic heterocycles. The molecule has 1 amide bonds. The largest absolute Gasteiger partial charge is 0.492 e. The highest BCUT2D eigenvalue weighted by Gasteiger charge is 2.25. The smallest absolute Gasteiger partial charge is 0.280 e. The van der Waals surface area contributed by atoms with E-state index in [0.29, 0.717) is 5.56 Å². The molecule has 3 nitrogen and oxygen atoms in total. The lowest BCUT2D eigenvalue weighted by Crippen LogP contribution is -2.01. The lowest BCUT2D eigenvalue weighted by molar-refractivity contribution is 0.100. The minimum Gasteiger partial charge on any atom is -0.492 e. The summed E-state index contributed by atoms with van der Waals surface area (Å²) in [5.74, 6) is -1.48. The molecule has 0 unspecified atom stereocenters. The van der Waals surface area contributed by atoms with Crippen LogP contribution in [0.15, 0.2) is 11.1 Å². The zero-order valence-electron chi connectivity index (χ0n) is 7.17. The number of carbonyl (C=O) groups excluding carboxylic acids is 1. The molecule has 0 aliphatic carbocycles. The van der Waals surface area contributed by atoms with Crippen LogP contribution >= 0.6 is 11.6 Å². The molecule has 0 aromatic heterocycles. The number of hydrogen-bond donors (Lipinski definition) is 0. The predicted octanol–water partition coefficient (Wildman–Crippen LogP) is 2.06. The Labute approximate surface area is 84.2 Å². The molecule has 0 radical (unpaired) electrons. The van der Waals surface area contributed by atoms with Crippen molar-refractivity contribution in [1.29, 1.82) is 0 Å². The highest BCUT2D eigenvalue weighted by Crippen LogP contribution is 2.33. The maximum absolute atomic E-state index is 13.6. The average molecular weight is 214 g/mol. The summed E-state index contributed by atoms with van der Waals surface area (Å²) in [6.07, 6.45) is 1.28. The van der Waals surface area contributed by atoms with Gasteiger partial charge in [-0.25, -0.2) is 9.38 Å². The van der Waals surface area contributed by atoms with Gasteiger partial charge in [0.25, 0.3) is 5.91 Å². The fourth-order valence-corrected chi connectivity index (χ4v) is 1.60. The predicted molar refractivity (Wildman–Crippen MR) is 49.9 cm³/mol. The standard InChI is InChI=1S/C9H5ClFNO2/c1-14-8-5(10)2-4-3-12-9(13)6(4)7(8)11/h2-3H,1H3. The molecule has 0 saturated carbocycles. The molecule has 1 heterocycles. The molecule has 14 heavy (non-hydrogen) atoms. The van der Waals surface area contributed by atoms with E-state index in [4.69, 9.17) is 16.3 Å². The monoisotopic (exact) mass is 213 g/mol. The Morgan fingerprint density at radius 3 is 2.93 bits per heavy atom. The maximum Gasteiger partial charge on any atom is 0.280 e. The van der Waals surface area contributed by atoms with Crippen molar-refractivity contribution in [2.75, 3.05) is 7.11 Å². The molecular weight excluding hydrogens is 209 g/mol. The fourth-order valence-electron chi connectivity index (χ4n) is 1.32. The SMILES string of the molecule is COc1c(Cl)cc2c(c1F)C(=O)N=C2. The van der Waals surface area contributed by atoms with E-state index in [2.05, 4.69) is 4.99 Å².